The minimum atomic E-state index is 0.815. The van der Waals surface area contributed by atoms with Gasteiger partial charge in [-0.25, -0.2) is 0 Å². The Morgan fingerprint density at radius 2 is 0.280 bits per heavy atom. The summed E-state index contributed by atoms with van der Waals surface area (Å²) in [7, 11) is 0. The van der Waals surface area contributed by atoms with E-state index in [1.807, 2.05) is 121 Å². The van der Waals surface area contributed by atoms with E-state index in [0.717, 1.165) is 136 Å². The highest BCUT2D eigenvalue weighted by molar-refractivity contribution is 5.84. The van der Waals surface area contributed by atoms with Crippen molar-refractivity contribution in [3.8, 4) is 102 Å². The molecule has 0 amide bonds. The van der Waals surface area contributed by atoms with Gasteiger partial charge in [0.25, 0.3) is 0 Å². The van der Waals surface area contributed by atoms with Crippen molar-refractivity contribution in [1.29, 1.82) is 0 Å². The Balaban J connectivity index is 0.764. The lowest BCUT2D eigenvalue weighted by Gasteiger charge is -2.26. The maximum absolute atomic E-state index is 6.36. The summed E-state index contributed by atoms with van der Waals surface area (Å²) in [4.78, 5) is 4.57. The molecule has 0 saturated carbocycles. The van der Waals surface area contributed by atoms with E-state index in [-0.39, 0.29) is 0 Å². The first-order chi connectivity index (χ1) is 40.6. The molecule has 6 heteroatoms. The average Bonchev–Trinajstić information content (AvgIpc) is 4.48. The van der Waals surface area contributed by atoms with Crippen molar-refractivity contribution in [3.05, 3.63) is 315 Å². The molecule has 0 unspecified atom stereocenters. The zero-order valence-corrected chi connectivity index (χ0v) is 44.5. The molecule has 4 heterocycles. The lowest BCUT2D eigenvalue weighted by Crippen LogP contribution is -2.10. The molecule has 0 aliphatic carbocycles. The number of rotatable bonds is 15. The SMILES string of the molecule is c1ccc(-c2ccc(-c3ccc(N(c4ccc(-c5ccc(N(c6ccc(-c7ccc(-c8ccccc8)o7)cc6)c6ccc(-c7ccc(-c8ccccc8)o7)cc6)cc5)cc4)c4ccc(-c5ccc(-c6ccccc6)o5)cc4)cc3)o2)cc1. The molecule has 0 bridgehead atoms. The molecule has 0 radical (unpaired) electrons. The van der Waals surface area contributed by atoms with Crippen molar-refractivity contribution in [2.75, 3.05) is 9.80 Å². The quantitative estimate of drug-likeness (QED) is 0.102. The van der Waals surface area contributed by atoms with Crippen LogP contribution < -0.4 is 9.80 Å². The molecule has 10 aromatic carbocycles. The van der Waals surface area contributed by atoms with Gasteiger partial charge in [0.15, 0.2) is 0 Å². The van der Waals surface area contributed by atoms with Crippen LogP contribution in [0.15, 0.2) is 333 Å². The van der Waals surface area contributed by atoms with Crippen LogP contribution in [-0.2, 0) is 0 Å². The second-order valence-corrected chi connectivity index (χ2v) is 20.1. The molecule has 14 aromatic rings. The molecule has 14 rings (SSSR count). The maximum atomic E-state index is 6.36. The van der Waals surface area contributed by atoms with Gasteiger partial charge in [-0.2, -0.15) is 0 Å². The fraction of sp³-hybridized carbons (Fsp3) is 0. The summed E-state index contributed by atoms with van der Waals surface area (Å²) in [6, 6.07) is 109. The Morgan fingerprint density at radius 3 is 0.451 bits per heavy atom. The summed E-state index contributed by atoms with van der Waals surface area (Å²) in [6.45, 7) is 0. The third-order valence-electron chi connectivity index (χ3n) is 14.9. The summed E-state index contributed by atoms with van der Waals surface area (Å²) >= 11 is 0. The average molecular weight is 1060 g/mol. The topological polar surface area (TPSA) is 59.0 Å². The molecule has 0 atom stereocenters. The highest BCUT2D eigenvalue weighted by Gasteiger charge is 2.19. The Morgan fingerprint density at radius 1 is 0.134 bits per heavy atom. The standard InChI is InChI=1S/C76H52N2O4/c1-5-13-55(14-6-1)69-45-49-73(79-69)59-25-37-65(38-26-59)77(66-39-27-60(28-40-66)74-50-46-70(80-74)56-15-7-2-8-16-56)63-33-21-53(22-34-63)54-23-35-64(36-24-54)78(67-41-29-61(30-42-67)75-51-47-71(81-75)57-17-9-3-10-18-57)68-43-31-62(32-44-68)76-52-48-72(82-76)58-19-11-4-12-20-58/h1-52H. The normalized spacial score (nSPS) is 11.2. The van der Waals surface area contributed by atoms with E-state index in [1.165, 1.54) is 0 Å². The van der Waals surface area contributed by atoms with E-state index in [9.17, 15) is 0 Å². The van der Waals surface area contributed by atoms with Crippen LogP contribution in [0.4, 0.5) is 34.1 Å². The van der Waals surface area contributed by atoms with Gasteiger partial charge in [0.1, 0.15) is 46.1 Å². The molecular formula is C76H52N2O4. The highest BCUT2D eigenvalue weighted by Crippen LogP contribution is 2.42. The van der Waals surface area contributed by atoms with Crippen molar-refractivity contribution < 1.29 is 17.7 Å². The summed E-state index contributed by atoms with van der Waals surface area (Å²) in [5.74, 6) is 6.61. The lowest BCUT2D eigenvalue weighted by molar-refractivity contribution is 0.597. The van der Waals surface area contributed by atoms with Crippen LogP contribution >= 0.6 is 0 Å². The van der Waals surface area contributed by atoms with Gasteiger partial charge in [-0.1, -0.05) is 146 Å². The molecule has 0 spiro atoms. The summed E-state index contributed by atoms with van der Waals surface area (Å²) in [6.07, 6.45) is 0. The molecule has 6 nitrogen and oxygen atoms in total. The van der Waals surface area contributed by atoms with Gasteiger partial charge in [-0.05, 0) is 181 Å². The predicted molar refractivity (Wildman–Crippen MR) is 334 cm³/mol. The summed E-state index contributed by atoms with van der Waals surface area (Å²) < 4.78 is 25.5. The van der Waals surface area contributed by atoms with Gasteiger partial charge in [0.05, 0.1) is 0 Å². The molecule has 0 N–H and O–H groups in total. The number of hydrogen-bond acceptors (Lipinski definition) is 6. The minimum Gasteiger partial charge on any atom is -0.456 e. The van der Waals surface area contributed by atoms with Crippen LogP contribution in [0.3, 0.4) is 0 Å². The first kappa shape index (κ1) is 49.2. The molecule has 82 heavy (non-hydrogen) atoms. The third-order valence-corrected chi connectivity index (χ3v) is 14.9. The minimum absolute atomic E-state index is 0.815. The predicted octanol–water partition coefficient (Wildman–Crippen LogP) is 22.0. The number of anilines is 6. The third kappa shape index (κ3) is 10.2. The molecule has 0 saturated heterocycles. The van der Waals surface area contributed by atoms with Gasteiger partial charge in [-0.15, -0.1) is 0 Å². The number of hydrogen-bond donors (Lipinski definition) is 0. The van der Waals surface area contributed by atoms with E-state index in [0.29, 0.717) is 0 Å². The number of nitrogens with zero attached hydrogens (tertiary/aromatic N) is 2. The van der Waals surface area contributed by atoms with Crippen molar-refractivity contribution in [3.63, 3.8) is 0 Å². The fourth-order valence-corrected chi connectivity index (χ4v) is 10.6. The van der Waals surface area contributed by atoms with Gasteiger partial charge < -0.3 is 27.5 Å². The van der Waals surface area contributed by atoms with Crippen LogP contribution in [0.25, 0.3) is 102 Å². The zero-order chi connectivity index (χ0) is 54.6. The van der Waals surface area contributed by atoms with Crippen molar-refractivity contribution in [1.82, 2.24) is 0 Å². The molecule has 0 fully saturated rings. The highest BCUT2D eigenvalue weighted by atomic mass is 16.4. The largest absolute Gasteiger partial charge is 0.456 e. The summed E-state index contributed by atoms with van der Waals surface area (Å²) in [5, 5.41) is 0. The Bertz CT molecular complexity index is 3840. The number of furan rings is 4. The van der Waals surface area contributed by atoms with E-state index in [2.05, 4.69) is 204 Å². The Labute approximate surface area is 476 Å². The molecule has 0 aliphatic rings. The van der Waals surface area contributed by atoms with Crippen LogP contribution in [-0.4, -0.2) is 0 Å². The molecular weight excluding hydrogens is 1000 g/mol. The maximum Gasteiger partial charge on any atom is 0.134 e. The van der Waals surface area contributed by atoms with Gasteiger partial charge >= 0.3 is 0 Å². The second kappa shape index (κ2) is 22.0. The van der Waals surface area contributed by atoms with Crippen molar-refractivity contribution in [2.24, 2.45) is 0 Å². The van der Waals surface area contributed by atoms with Crippen molar-refractivity contribution in [2.45, 2.75) is 0 Å². The second-order valence-electron chi connectivity index (χ2n) is 20.1. The van der Waals surface area contributed by atoms with E-state index < -0.39 is 0 Å². The number of benzene rings is 10. The van der Waals surface area contributed by atoms with E-state index >= 15 is 0 Å². The smallest absolute Gasteiger partial charge is 0.134 e. The van der Waals surface area contributed by atoms with E-state index in [4.69, 9.17) is 17.7 Å². The van der Waals surface area contributed by atoms with Gasteiger partial charge in [0.2, 0.25) is 0 Å². The zero-order valence-electron chi connectivity index (χ0n) is 44.5. The van der Waals surface area contributed by atoms with Crippen molar-refractivity contribution >= 4 is 34.1 Å². The fourth-order valence-electron chi connectivity index (χ4n) is 10.6. The lowest BCUT2D eigenvalue weighted by atomic mass is 10.0. The first-order valence-electron chi connectivity index (χ1n) is 27.4. The van der Waals surface area contributed by atoms with Gasteiger partial charge in [0, 0.05) is 78.6 Å². The van der Waals surface area contributed by atoms with E-state index in [1.54, 1.807) is 0 Å². The molecule has 390 valence electrons. The van der Waals surface area contributed by atoms with Crippen LogP contribution in [0.5, 0.6) is 0 Å². The first-order valence-corrected chi connectivity index (χ1v) is 27.4. The van der Waals surface area contributed by atoms with Crippen LogP contribution in [0.2, 0.25) is 0 Å². The van der Waals surface area contributed by atoms with Gasteiger partial charge in [-0.3, -0.25) is 0 Å². The molecule has 0 aliphatic heterocycles. The van der Waals surface area contributed by atoms with Crippen LogP contribution in [0, 0.1) is 0 Å². The molecule has 4 aromatic heterocycles. The Kier molecular flexibility index (Phi) is 13.2. The Hall–Kier alpha value is -11.1. The monoisotopic (exact) mass is 1060 g/mol. The van der Waals surface area contributed by atoms with Crippen LogP contribution in [0.1, 0.15) is 0 Å². The summed E-state index contributed by atoms with van der Waals surface area (Å²) in [5.41, 5.74) is 16.4.